The Morgan fingerprint density at radius 3 is 2.83 bits per heavy atom. The van der Waals surface area contributed by atoms with Crippen molar-refractivity contribution in [2.24, 2.45) is 11.1 Å². The van der Waals surface area contributed by atoms with E-state index in [0.29, 0.717) is 19.5 Å². The number of anilines is 1. The lowest BCUT2D eigenvalue weighted by atomic mass is 10.1. The normalized spacial score (nSPS) is 19.6. The molecule has 1 aromatic carbocycles. The number of nitrogens with zero attached hydrogens (tertiary/aromatic N) is 2. The summed E-state index contributed by atoms with van der Waals surface area (Å²) in [6, 6.07) is 8.25. The standard InChI is InChI=1S/C14H15N3O/c15-7-10-1-2-12-11(5-10)6-13(18)17(12)9-14(8-16)3-4-14/h1-2,5H,3-4,6-7,9,15H2. The number of fused-ring (bicyclic) bond motifs is 1. The maximum atomic E-state index is 12.0. The molecule has 0 atom stereocenters. The van der Waals surface area contributed by atoms with Crippen LogP contribution in [-0.4, -0.2) is 12.5 Å². The molecule has 0 saturated heterocycles. The summed E-state index contributed by atoms with van der Waals surface area (Å²) in [5.74, 6) is 0.0979. The van der Waals surface area contributed by atoms with E-state index < -0.39 is 0 Å². The summed E-state index contributed by atoms with van der Waals surface area (Å²) in [5, 5.41) is 9.13. The van der Waals surface area contributed by atoms with Gasteiger partial charge in [-0.05, 0) is 30.0 Å². The average Bonchev–Trinajstić information content (AvgIpc) is 3.10. The Kier molecular flexibility index (Phi) is 2.39. The van der Waals surface area contributed by atoms with Crippen LogP contribution in [0.1, 0.15) is 24.0 Å². The molecular formula is C14H15N3O. The van der Waals surface area contributed by atoms with Crippen LogP contribution in [0.3, 0.4) is 0 Å². The first-order chi connectivity index (χ1) is 8.67. The molecule has 92 valence electrons. The fraction of sp³-hybridized carbons (Fsp3) is 0.429. The monoisotopic (exact) mass is 241 g/mol. The van der Waals surface area contributed by atoms with Crippen molar-refractivity contribution in [3.63, 3.8) is 0 Å². The molecule has 1 saturated carbocycles. The number of nitriles is 1. The van der Waals surface area contributed by atoms with Gasteiger partial charge in [-0.1, -0.05) is 12.1 Å². The highest BCUT2D eigenvalue weighted by molar-refractivity contribution is 6.01. The number of hydrogen-bond acceptors (Lipinski definition) is 3. The second-order valence-electron chi connectivity index (χ2n) is 5.22. The van der Waals surface area contributed by atoms with Gasteiger partial charge in [0.05, 0.1) is 17.9 Å². The molecule has 1 aromatic rings. The van der Waals surface area contributed by atoms with Crippen molar-refractivity contribution in [3.8, 4) is 6.07 Å². The molecule has 1 amide bonds. The third kappa shape index (κ3) is 1.68. The van der Waals surface area contributed by atoms with E-state index in [4.69, 9.17) is 11.0 Å². The zero-order valence-electron chi connectivity index (χ0n) is 10.1. The van der Waals surface area contributed by atoms with E-state index >= 15 is 0 Å². The van der Waals surface area contributed by atoms with Gasteiger partial charge in [-0.25, -0.2) is 0 Å². The minimum Gasteiger partial charge on any atom is -0.326 e. The predicted molar refractivity (Wildman–Crippen MR) is 67.7 cm³/mol. The van der Waals surface area contributed by atoms with Gasteiger partial charge in [-0.15, -0.1) is 0 Å². The molecule has 2 aliphatic rings. The molecule has 1 heterocycles. The molecule has 0 aromatic heterocycles. The smallest absolute Gasteiger partial charge is 0.231 e. The Hall–Kier alpha value is -1.86. The van der Waals surface area contributed by atoms with Gasteiger partial charge < -0.3 is 10.6 Å². The van der Waals surface area contributed by atoms with Crippen molar-refractivity contribution in [2.75, 3.05) is 11.4 Å². The molecule has 3 rings (SSSR count). The first-order valence-corrected chi connectivity index (χ1v) is 6.21. The Balaban J connectivity index is 1.90. The van der Waals surface area contributed by atoms with Crippen LogP contribution in [0.4, 0.5) is 5.69 Å². The Bertz CT molecular complexity index is 555. The van der Waals surface area contributed by atoms with Gasteiger partial charge in [-0.3, -0.25) is 4.79 Å². The summed E-state index contributed by atoms with van der Waals surface area (Å²) in [6.07, 6.45) is 2.25. The predicted octanol–water partition coefficient (Wildman–Crippen LogP) is 1.34. The molecule has 4 nitrogen and oxygen atoms in total. The lowest BCUT2D eigenvalue weighted by Crippen LogP contribution is -2.32. The number of hydrogen-bond donors (Lipinski definition) is 1. The van der Waals surface area contributed by atoms with Gasteiger partial charge in [0.25, 0.3) is 0 Å². The first-order valence-electron chi connectivity index (χ1n) is 6.21. The van der Waals surface area contributed by atoms with Gasteiger partial charge in [-0.2, -0.15) is 5.26 Å². The van der Waals surface area contributed by atoms with E-state index in [0.717, 1.165) is 29.7 Å². The highest BCUT2D eigenvalue weighted by atomic mass is 16.2. The van der Waals surface area contributed by atoms with Crippen LogP contribution in [0.2, 0.25) is 0 Å². The van der Waals surface area contributed by atoms with Crippen molar-refractivity contribution >= 4 is 11.6 Å². The molecule has 1 aliphatic carbocycles. The van der Waals surface area contributed by atoms with Gasteiger partial charge in [0.15, 0.2) is 0 Å². The van der Waals surface area contributed by atoms with E-state index in [1.54, 1.807) is 4.90 Å². The van der Waals surface area contributed by atoms with Crippen LogP contribution in [0, 0.1) is 16.7 Å². The third-order valence-corrected chi connectivity index (χ3v) is 3.86. The van der Waals surface area contributed by atoms with Gasteiger partial charge in [0.2, 0.25) is 5.91 Å². The van der Waals surface area contributed by atoms with Crippen molar-refractivity contribution in [2.45, 2.75) is 25.8 Å². The van der Waals surface area contributed by atoms with Gasteiger partial charge in [0.1, 0.15) is 0 Å². The molecule has 18 heavy (non-hydrogen) atoms. The fourth-order valence-electron chi connectivity index (χ4n) is 2.50. The second-order valence-corrected chi connectivity index (χ2v) is 5.22. The second kappa shape index (κ2) is 3.82. The van der Waals surface area contributed by atoms with E-state index in [9.17, 15) is 4.79 Å². The lowest BCUT2D eigenvalue weighted by molar-refractivity contribution is -0.117. The Labute approximate surface area is 106 Å². The highest BCUT2D eigenvalue weighted by Crippen LogP contribution is 2.47. The van der Waals surface area contributed by atoms with E-state index in [-0.39, 0.29) is 11.3 Å². The fourth-order valence-corrected chi connectivity index (χ4v) is 2.50. The van der Waals surface area contributed by atoms with Crippen LogP contribution in [0.5, 0.6) is 0 Å². The minimum absolute atomic E-state index is 0.0979. The molecule has 4 heteroatoms. The van der Waals surface area contributed by atoms with E-state index in [1.807, 2.05) is 18.2 Å². The van der Waals surface area contributed by atoms with Crippen LogP contribution < -0.4 is 10.6 Å². The quantitative estimate of drug-likeness (QED) is 0.868. The average molecular weight is 241 g/mol. The van der Waals surface area contributed by atoms with Crippen molar-refractivity contribution in [3.05, 3.63) is 29.3 Å². The number of carbonyl (C=O) groups excluding carboxylic acids is 1. The zero-order valence-corrected chi connectivity index (χ0v) is 10.1. The minimum atomic E-state index is -0.288. The number of nitrogens with two attached hydrogens (primary N) is 1. The topological polar surface area (TPSA) is 70.1 Å². The van der Waals surface area contributed by atoms with Crippen LogP contribution in [0.15, 0.2) is 18.2 Å². The Morgan fingerprint density at radius 2 is 2.22 bits per heavy atom. The SMILES string of the molecule is N#CC1(CN2C(=O)Cc3cc(CN)ccc32)CC1. The van der Waals surface area contributed by atoms with Crippen molar-refractivity contribution in [1.29, 1.82) is 5.26 Å². The summed E-state index contributed by atoms with van der Waals surface area (Å²) < 4.78 is 0. The maximum Gasteiger partial charge on any atom is 0.231 e. The summed E-state index contributed by atoms with van der Waals surface area (Å²) in [6.45, 7) is 1.03. The summed E-state index contributed by atoms with van der Waals surface area (Å²) >= 11 is 0. The van der Waals surface area contributed by atoms with E-state index in [1.165, 1.54) is 0 Å². The maximum absolute atomic E-state index is 12.0. The summed E-state index contributed by atoms with van der Waals surface area (Å²) in [5.41, 5.74) is 8.36. The third-order valence-electron chi connectivity index (χ3n) is 3.86. The largest absolute Gasteiger partial charge is 0.326 e. The number of amides is 1. The van der Waals surface area contributed by atoms with Crippen LogP contribution in [0.25, 0.3) is 0 Å². The van der Waals surface area contributed by atoms with Gasteiger partial charge in [0, 0.05) is 18.8 Å². The molecule has 0 spiro atoms. The number of carbonyl (C=O) groups is 1. The molecule has 1 aliphatic heterocycles. The molecular weight excluding hydrogens is 226 g/mol. The molecule has 1 fully saturated rings. The molecule has 0 bridgehead atoms. The summed E-state index contributed by atoms with van der Waals surface area (Å²) in [4.78, 5) is 13.8. The van der Waals surface area contributed by atoms with Crippen LogP contribution in [-0.2, 0) is 17.8 Å². The first kappa shape index (κ1) is 11.2. The van der Waals surface area contributed by atoms with Crippen molar-refractivity contribution < 1.29 is 4.79 Å². The molecule has 0 unspecified atom stereocenters. The summed E-state index contributed by atoms with van der Waals surface area (Å²) in [7, 11) is 0. The zero-order chi connectivity index (χ0) is 12.8. The Morgan fingerprint density at radius 1 is 1.44 bits per heavy atom. The number of rotatable bonds is 3. The lowest BCUT2D eigenvalue weighted by Gasteiger charge is -2.20. The van der Waals surface area contributed by atoms with Crippen LogP contribution >= 0.6 is 0 Å². The van der Waals surface area contributed by atoms with Gasteiger partial charge >= 0.3 is 0 Å². The van der Waals surface area contributed by atoms with Crippen molar-refractivity contribution in [1.82, 2.24) is 0 Å². The highest BCUT2D eigenvalue weighted by Gasteiger charge is 2.46. The number of benzene rings is 1. The molecule has 0 radical (unpaired) electrons. The van der Waals surface area contributed by atoms with E-state index in [2.05, 4.69) is 6.07 Å². The molecule has 2 N–H and O–H groups in total.